The Kier molecular flexibility index (Phi) is 5.86. The molecule has 0 radical (unpaired) electrons. The van der Waals surface area contributed by atoms with Gasteiger partial charge in [-0.3, -0.25) is 9.52 Å². The van der Waals surface area contributed by atoms with E-state index in [-0.39, 0.29) is 21.7 Å². The van der Waals surface area contributed by atoms with Gasteiger partial charge in [0.05, 0.1) is 12.1 Å². The third kappa shape index (κ3) is 4.25. The molecule has 1 aliphatic heterocycles. The smallest absolute Gasteiger partial charge is 0.263 e. The Morgan fingerprint density at radius 3 is 2.57 bits per heavy atom. The summed E-state index contributed by atoms with van der Waals surface area (Å²) in [7, 11) is -2.37. The number of nitrogens with zero attached hydrogens (tertiary/aromatic N) is 1. The van der Waals surface area contributed by atoms with E-state index >= 15 is 0 Å². The highest BCUT2D eigenvalue weighted by Crippen LogP contribution is 2.29. The Morgan fingerprint density at radius 2 is 1.93 bits per heavy atom. The topological polar surface area (TPSA) is 75.7 Å². The van der Waals surface area contributed by atoms with Gasteiger partial charge in [-0.05, 0) is 41.8 Å². The number of carbonyl (C=O) groups excluding carboxylic acids is 1. The van der Waals surface area contributed by atoms with Crippen molar-refractivity contribution in [2.45, 2.75) is 31.7 Å². The molecule has 1 amide bonds. The predicted molar refractivity (Wildman–Crippen MR) is 109 cm³/mol. The van der Waals surface area contributed by atoms with Gasteiger partial charge in [0.1, 0.15) is 10.6 Å². The number of fused-ring (bicyclic) bond motifs is 1. The Morgan fingerprint density at radius 1 is 1.18 bits per heavy atom. The van der Waals surface area contributed by atoms with Crippen molar-refractivity contribution in [2.24, 2.45) is 5.92 Å². The van der Waals surface area contributed by atoms with Crippen molar-refractivity contribution in [3.8, 4) is 5.75 Å². The lowest BCUT2D eigenvalue weighted by Gasteiger charge is -2.30. The molecule has 0 bridgehead atoms. The van der Waals surface area contributed by atoms with Crippen LogP contribution in [0.2, 0.25) is 5.02 Å². The van der Waals surface area contributed by atoms with Crippen LogP contribution in [0.3, 0.4) is 0 Å². The number of rotatable bonds is 5. The molecule has 0 spiro atoms. The highest BCUT2D eigenvalue weighted by atomic mass is 35.5. The standard InChI is InChI=1S/C20H23ClN2O4S/c1-13(2)20(24)23-9-8-14-4-5-16(10-15(14)12-23)22-28(25,26)19-7-6-17(27-3)11-18(19)21/h4-7,10-11,13,22H,8-9,12H2,1-3H3. The molecule has 2 aromatic carbocycles. The molecular weight excluding hydrogens is 400 g/mol. The predicted octanol–water partition coefficient (Wildman–Crippen LogP) is 3.69. The second-order valence-electron chi connectivity index (χ2n) is 7.05. The van der Waals surface area contributed by atoms with Gasteiger partial charge in [-0.15, -0.1) is 0 Å². The molecule has 3 rings (SSSR count). The quantitative estimate of drug-likeness (QED) is 0.797. The van der Waals surface area contributed by atoms with Crippen molar-refractivity contribution >= 4 is 33.2 Å². The van der Waals surface area contributed by atoms with Crippen LogP contribution in [0.15, 0.2) is 41.3 Å². The summed E-state index contributed by atoms with van der Waals surface area (Å²) < 4.78 is 33.1. The van der Waals surface area contributed by atoms with E-state index < -0.39 is 10.0 Å². The van der Waals surface area contributed by atoms with Gasteiger partial charge in [-0.2, -0.15) is 0 Å². The van der Waals surface area contributed by atoms with E-state index in [4.69, 9.17) is 16.3 Å². The molecule has 1 heterocycles. The normalized spacial score (nSPS) is 14.0. The summed E-state index contributed by atoms with van der Waals surface area (Å²) in [6.45, 7) is 4.91. The van der Waals surface area contributed by atoms with Crippen molar-refractivity contribution in [1.82, 2.24) is 4.90 Å². The summed E-state index contributed by atoms with van der Waals surface area (Å²) in [4.78, 5) is 14.1. The summed E-state index contributed by atoms with van der Waals surface area (Å²) in [6.07, 6.45) is 0.755. The number of carbonyl (C=O) groups is 1. The average Bonchev–Trinajstić information content (AvgIpc) is 2.66. The first kappa shape index (κ1) is 20.5. The van der Waals surface area contributed by atoms with Gasteiger partial charge in [-0.25, -0.2) is 8.42 Å². The summed E-state index contributed by atoms with van der Waals surface area (Å²) in [5, 5.41) is 0.0820. The van der Waals surface area contributed by atoms with E-state index in [0.29, 0.717) is 24.5 Å². The maximum atomic E-state index is 12.8. The number of anilines is 1. The molecule has 0 aromatic heterocycles. The Hall–Kier alpha value is -2.25. The molecule has 8 heteroatoms. The minimum Gasteiger partial charge on any atom is -0.497 e. The van der Waals surface area contributed by atoms with E-state index in [1.807, 2.05) is 24.8 Å². The lowest BCUT2D eigenvalue weighted by atomic mass is 9.98. The fourth-order valence-electron chi connectivity index (χ4n) is 3.21. The number of halogens is 1. The molecule has 0 unspecified atom stereocenters. The molecule has 28 heavy (non-hydrogen) atoms. The summed E-state index contributed by atoms with van der Waals surface area (Å²) in [5.74, 6) is 0.509. The Labute approximate surface area is 170 Å². The van der Waals surface area contributed by atoms with Crippen LogP contribution in [0.4, 0.5) is 5.69 Å². The second-order valence-corrected chi connectivity index (χ2v) is 9.11. The zero-order valence-corrected chi connectivity index (χ0v) is 17.6. The SMILES string of the molecule is COc1ccc(S(=O)(=O)Nc2ccc3c(c2)CN(C(=O)C(C)C)CC3)c(Cl)c1. The number of methoxy groups -OCH3 is 1. The van der Waals surface area contributed by atoms with Crippen molar-refractivity contribution in [2.75, 3.05) is 18.4 Å². The van der Waals surface area contributed by atoms with E-state index in [1.165, 1.54) is 19.2 Å². The maximum Gasteiger partial charge on any atom is 0.263 e. The van der Waals surface area contributed by atoms with Crippen molar-refractivity contribution in [3.63, 3.8) is 0 Å². The molecule has 1 N–H and O–H groups in total. The third-order valence-electron chi connectivity index (χ3n) is 4.70. The monoisotopic (exact) mass is 422 g/mol. The van der Waals surface area contributed by atoms with Gasteiger partial charge in [0, 0.05) is 30.8 Å². The Balaban J connectivity index is 1.84. The van der Waals surface area contributed by atoms with Crippen molar-refractivity contribution in [3.05, 3.63) is 52.5 Å². The van der Waals surface area contributed by atoms with E-state index in [1.54, 1.807) is 18.2 Å². The molecule has 0 fully saturated rings. The molecule has 0 saturated carbocycles. The van der Waals surface area contributed by atoms with Crippen LogP contribution < -0.4 is 9.46 Å². The number of hydrogen-bond donors (Lipinski definition) is 1. The van der Waals surface area contributed by atoms with E-state index in [0.717, 1.165) is 17.5 Å². The number of nitrogens with one attached hydrogen (secondary N) is 1. The third-order valence-corrected chi connectivity index (χ3v) is 6.57. The largest absolute Gasteiger partial charge is 0.497 e. The van der Waals surface area contributed by atoms with Crippen molar-refractivity contribution in [1.29, 1.82) is 0 Å². The van der Waals surface area contributed by atoms with Crippen LogP contribution in [0.25, 0.3) is 0 Å². The van der Waals surface area contributed by atoms with Crippen LogP contribution >= 0.6 is 11.6 Å². The second kappa shape index (κ2) is 8.01. The van der Waals surface area contributed by atoms with Crippen molar-refractivity contribution < 1.29 is 17.9 Å². The zero-order valence-electron chi connectivity index (χ0n) is 16.0. The number of amides is 1. The van der Waals surface area contributed by atoms with E-state index in [2.05, 4.69) is 4.72 Å². The van der Waals surface area contributed by atoms with Crippen LogP contribution in [-0.4, -0.2) is 32.9 Å². The van der Waals surface area contributed by atoms with Gasteiger partial charge in [0.2, 0.25) is 5.91 Å². The van der Waals surface area contributed by atoms with Gasteiger partial charge < -0.3 is 9.64 Å². The Bertz CT molecular complexity index is 1010. The number of sulfonamides is 1. The van der Waals surface area contributed by atoms with Gasteiger partial charge in [0.25, 0.3) is 10.0 Å². The fraction of sp³-hybridized carbons (Fsp3) is 0.350. The van der Waals surface area contributed by atoms with Gasteiger partial charge in [-0.1, -0.05) is 31.5 Å². The highest BCUT2D eigenvalue weighted by Gasteiger charge is 2.24. The van der Waals surface area contributed by atoms with Crippen LogP contribution in [-0.2, 0) is 27.8 Å². The minimum absolute atomic E-state index is 0.0238. The molecule has 2 aromatic rings. The lowest BCUT2D eigenvalue weighted by molar-refractivity contribution is -0.135. The maximum absolute atomic E-state index is 12.8. The van der Waals surface area contributed by atoms with Crippen LogP contribution in [0, 0.1) is 5.92 Å². The summed E-state index contributed by atoms with van der Waals surface area (Å²) in [5.41, 5.74) is 2.50. The molecule has 0 aliphatic carbocycles. The number of ether oxygens (including phenoxy) is 1. The summed E-state index contributed by atoms with van der Waals surface area (Å²) >= 11 is 6.11. The zero-order chi connectivity index (χ0) is 20.5. The first-order valence-corrected chi connectivity index (χ1v) is 10.8. The lowest BCUT2D eigenvalue weighted by Crippen LogP contribution is -2.38. The minimum atomic E-state index is -3.86. The van der Waals surface area contributed by atoms with Gasteiger partial charge in [0.15, 0.2) is 0 Å². The summed E-state index contributed by atoms with van der Waals surface area (Å²) in [6, 6.07) is 9.82. The average molecular weight is 423 g/mol. The van der Waals surface area contributed by atoms with Crippen LogP contribution in [0.1, 0.15) is 25.0 Å². The fourth-order valence-corrected chi connectivity index (χ4v) is 4.80. The van der Waals surface area contributed by atoms with Crippen LogP contribution in [0.5, 0.6) is 5.75 Å². The highest BCUT2D eigenvalue weighted by molar-refractivity contribution is 7.92. The molecule has 0 atom stereocenters. The first-order valence-electron chi connectivity index (χ1n) is 8.98. The molecular formula is C20H23ClN2O4S. The number of hydrogen-bond acceptors (Lipinski definition) is 4. The van der Waals surface area contributed by atoms with Gasteiger partial charge >= 0.3 is 0 Å². The molecule has 150 valence electrons. The first-order chi connectivity index (χ1) is 13.2. The number of benzene rings is 2. The molecule has 6 nitrogen and oxygen atoms in total. The van der Waals surface area contributed by atoms with E-state index in [9.17, 15) is 13.2 Å². The molecule has 1 aliphatic rings. The molecule has 0 saturated heterocycles.